The molecule has 0 saturated carbocycles. The number of hydrogen-bond donors (Lipinski definition) is 4. The van der Waals surface area contributed by atoms with Crippen molar-refractivity contribution in [3.63, 3.8) is 0 Å². The van der Waals surface area contributed by atoms with Crippen molar-refractivity contribution in [1.82, 2.24) is 9.97 Å². The summed E-state index contributed by atoms with van der Waals surface area (Å²) in [7, 11) is -2.30. The third-order valence-electron chi connectivity index (χ3n) is 4.46. The Morgan fingerprint density at radius 1 is 1.12 bits per heavy atom. The fraction of sp³-hybridized carbons (Fsp3) is 0.238. The first kappa shape index (κ1) is 25.1. The van der Waals surface area contributed by atoms with E-state index in [9.17, 15) is 17.4 Å². The lowest BCUT2D eigenvalue weighted by atomic mass is 10.1. The molecule has 182 valence electrons. The summed E-state index contributed by atoms with van der Waals surface area (Å²) in [6.07, 6.45) is -4.00. The fourth-order valence-corrected chi connectivity index (χ4v) is 3.03. The smallest absolute Gasteiger partial charge is 0.454 e. The minimum Gasteiger partial charge on any atom is -0.454 e. The molecule has 3 rings (SSSR count). The number of halogens is 3. The number of nitrogens with one attached hydrogen (secondary N) is 3. The van der Waals surface area contributed by atoms with E-state index >= 15 is 0 Å². The molecule has 0 aliphatic carbocycles. The van der Waals surface area contributed by atoms with Gasteiger partial charge in [-0.25, -0.2) is 4.98 Å². The number of benzene rings is 2. The first-order valence-corrected chi connectivity index (χ1v) is 11.1. The minimum atomic E-state index is -4.81. The molecule has 1 heterocycles. The zero-order chi connectivity index (χ0) is 24.7. The number of hydrogen-bond acceptors (Lipinski definition) is 9. The summed E-state index contributed by atoms with van der Waals surface area (Å²) in [6.45, 7) is 3.94. The van der Waals surface area contributed by atoms with E-state index in [4.69, 9.17) is 4.55 Å². The lowest BCUT2D eigenvalue weighted by Crippen LogP contribution is -2.18. The maximum absolute atomic E-state index is 12.6. The Morgan fingerprint density at radius 2 is 1.85 bits per heavy atom. The van der Waals surface area contributed by atoms with Crippen LogP contribution in [0.5, 0.6) is 5.75 Å². The van der Waals surface area contributed by atoms with Gasteiger partial charge in [0.1, 0.15) is 5.75 Å². The summed E-state index contributed by atoms with van der Waals surface area (Å²) >= 11 is 0. The highest BCUT2D eigenvalue weighted by Gasteiger charge is 2.31. The highest BCUT2D eigenvalue weighted by molar-refractivity contribution is 7.68. The average molecular weight is 496 g/mol. The van der Waals surface area contributed by atoms with Gasteiger partial charge in [0.2, 0.25) is 5.95 Å². The second-order valence-corrected chi connectivity index (χ2v) is 7.75. The molecule has 0 aliphatic rings. The normalized spacial score (nSPS) is 13.2. The van der Waals surface area contributed by atoms with E-state index in [0.717, 1.165) is 6.42 Å². The van der Waals surface area contributed by atoms with E-state index in [2.05, 4.69) is 35.2 Å². The Morgan fingerprint density at radius 3 is 2.50 bits per heavy atom. The molecule has 1 aromatic heterocycles. The molecular weight excluding hydrogens is 473 g/mol. The lowest BCUT2D eigenvalue weighted by molar-refractivity contribution is -0.274. The Bertz CT molecular complexity index is 1200. The predicted octanol–water partition coefficient (Wildman–Crippen LogP) is 5.94. The monoisotopic (exact) mass is 495 g/mol. The van der Waals surface area contributed by atoms with Gasteiger partial charge in [-0.3, -0.25) is 10.9 Å². The quantitative estimate of drug-likeness (QED) is 0.163. The summed E-state index contributed by atoms with van der Waals surface area (Å²) in [5.41, 5.74) is 7.58. The molecule has 4 N–H and O–H groups in total. The molecule has 0 aliphatic heterocycles. The molecule has 0 radical (unpaired) electrons. The van der Waals surface area contributed by atoms with E-state index in [1.54, 1.807) is 36.4 Å². The van der Waals surface area contributed by atoms with E-state index in [1.807, 2.05) is 13.8 Å². The maximum Gasteiger partial charge on any atom is 0.573 e. The zero-order valence-electron chi connectivity index (χ0n) is 18.1. The third-order valence-corrected chi connectivity index (χ3v) is 4.83. The van der Waals surface area contributed by atoms with Crippen LogP contribution >= 0.6 is 0 Å². The van der Waals surface area contributed by atoms with E-state index in [-0.39, 0.29) is 17.7 Å². The van der Waals surface area contributed by atoms with Crippen molar-refractivity contribution in [2.45, 2.75) is 32.7 Å². The number of rotatable bonds is 9. The minimum absolute atomic E-state index is 0.0596. The molecule has 0 spiro atoms. The molecule has 2 aromatic carbocycles. The molecule has 0 unspecified atom stereocenters. The Balaban J connectivity index is 1.86. The third kappa shape index (κ3) is 7.78. The number of aromatic nitrogens is 2. The standard InChI is InChI=1S/C21H22F3N6O3S/c1-3-13(2)25-20-26-18(14-5-4-6-17(11-14)33-21(22,23)24)12-19(27-20)29-28-15-7-9-16(10-8-15)30-34(31)32/h4-13,28H,3H2,1-2H3,(H,30,31,32)(H2,25,26,27,29)/q-1/t13-/m0/s1. The first-order chi connectivity index (χ1) is 16.1. The summed E-state index contributed by atoms with van der Waals surface area (Å²) in [4.78, 5) is 8.83. The number of hydrazine groups is 1. The molecule has 0 amide bonds. The van der Waals surface area contributed by atoms with Crippen molar-refractivity contribution in [2.75, 3.05) is 16.2 Å². The first-order valence-electron chi connectivity index (χ1n) is 10.1. The molecule has 34 heavy (non-hydrogen) atoms. The summed E-state index contributed by atoms with van der Waals surface area (Å²) in [5, 5.41) is 3.15. The number of alkyl halides is 3. The maximum atomic E-state index is 12.6. The van der Waals surface area contributed by atoms with Crippen LogP contribution in [0.3, 0.4) is 0 Å². The van der Waals surface area contributed by atoms with Crippen molar-refractivity contribution in [3.05, 3.63) is 54.6 Å². The molecule has 13 heteroatoms. The van der Waals surface area contributed by atoms with E-state index < -0.39 is 17.2 Å². The Hall–Kier alpha value is -3.58. The molecular formula is C21H22F3N6O3S-. The van der Waals surface area contributed by atoms with Crippen LogP contribution in [0.2, 0.25) is 0 Å². The molecule has 0 fully saturated rings. The van der Waals surface area contributed by atoms with Gasteiger partial charge in [0.25, 0.3) is 0 Å². The van der Waals surface area contributed by atoms with Crippen LogP contribution in [0.4, 0.5) is 36.3 Å². The number of ether oxygens (including phenoxy) is 1. The van der Waals surface area contributed by atoms with Gasteiger partial charge in [0.15, 0.2) is 5.82 Å². The van der Waals surface area contributed by atoms with Gasteiger partial charge < -0.3 is 23.2 Å². The van der Waals surface area contributed by atoms with Crippen LogP contribution in [-0.2, 0) is 15.1 Å². The van der Waals surface area contributed by atoms with Gasteiger partial charge in [0.05, 0.1) is 11.4 Å². The second-order valence-electron chi connectivity index (χ2n) is 7.11. The highest BCUT2D eigenvalue weighted by atomic mass is 32.2. The van der Waals surface area contributed by atoms with Gasteiger partial charge in [-0.15, -0.1) is 13.2 Å². The molecule has 0 bridgehead atoms. The van der Waals surface area contributed by atoms with Gasteiger partial charge in [-0.05, 0) is 49.7 Å². The lowest BCUT2D eigenvalue weighted by Gasteiger charge is -2.16. The fourth-order valence-electron chi connectivity index (χ4n) is 2.73. The number of nitrogens with zero attached hydrogens (tertiary/aromatic N) is 3. The van der Waals surface area contributed by atoms with Crippen LogP contribution < -0.4 is 20.9 Å². The highest BCUT2D eigenvalue weighted by Crippen LogP contribution is 2.29. The molecule has 1 atom stereocenters. The molecule has 3 aromatic rings. The number of anilines is 3. The Labute approximate surface area is 195 Å². The largest absolute Gasteiger partial charge is 0.573 e. The van der Waals surface area contributed by atoms with E-state index in [1.165, 1.54) is 18.2 Å². The average Bonchev–Trinajstić information content (AvgIpc) is 2.77. The van der Waals surface area contributed by atoms with Crippen molar-refractivity contribution >= 4 is 34.0 Å². The summed E-state index contributed by atoms with van der Waals surface area (Å²) in [5.74, 6) is 0.281. The SMILES string of the molecule is CC[C@H](C)Nc1nc(NNc2ccc(N=[S-](=O)O)cc2)cc(-c2cccc(OC(F)(F)F)c2)n1. The van der Waals surface area contributed by atoms with Crippen molar-refractivity contribution in [3.8, 4) is 17.0 Å². The summed E-state index contributed by atoms with van der Waals surface area (Å²) in [6, 6.07) is 13.5. The van der Waals surface area contributed by atoms with Crippen molar-refractivity contribution in [2.24, 2.45) is 4.36 Å². The second kappa shape index (κ2) is 11.0. The van der Waals surface area contributed by atoms with Crippen LogP contribution in [0, 0.1) is 0 Å². The van der Waals surface area contributed by atoms with Crippen LogP contribution in [0.15, 0.2) is 59.0 Å². The van der Waals surface area contributed by atoms with Crippen LogP contribution in [-0.4, -0.2) is 26.9 Å². The van der Waals surface area contributed by atoms with Gasteiger partial charge in [-0.2, -0.15) is 4.98 Å². The Kier molecular flexibility index (Phi) is 8.12. The van der Waals surface area contributed by atoms with Crippen molar-refractivity contribution < 1.29 is 26.7 Å². The van der Waals surface area contributed by atoms with Crippen LogP contribution in [0.1, 0.15) is 20.3 Å². The van der Waals surface area contributed by atoms with Crippen molar-refractivity contribution in [1.29, 1.82) is 0 Å². The predicted molar refractivity (Wildman–Crippen MR) is 124 cm³/mol. The van der Waals surface area contributed by atoms with Crippen LogP contribution in [0.25, 0.3) is 11.3 Å². The summed E-state index contributed by atoms with van der Waals surface area (Å²) < 4.78 is 65.0. The molecule has 9 nitrogen and oxygen atoms in total. The topological polar surface area (TPSA) is 121 Å². The van der Waals surface area contributed by atoms with Gasteiger partial charge >= 0.3 is 6.36 Å². The van der Waals surface area contributed by atoms with E-state index in [0.29, 0.717) is 28.5 Å². The molecule has 0 saturated heterocycles. The van der Waals surface area contributed by atoms with Gasteiger partial charge in [-0.1, -0.05) is 29.9 Å². The zero-order valence-corrected chi connectivity index (χ0v) is 18.9. The van der Waals surface area contributed by atoms with Gasteiger partial charge in [0, 0.05) is 23.4 Å².